The molecule has 0 aromatic carbocycles. The summed E-state index contributed by atoms with van der Waals surface area (Å²) in [6, 6.07) is 0. The van der Waals surface area contributed by atoms with Crippen LogP contribution in [-0.2, 0) is 47.5 Å². The molecule has 0 aliphatic carbocycles. The molecule has 13 heteroatoms. The second kappa shape index (κ2) is 29.1. The molecule has 2 amide bonds. The average Bonchev–Trinajstić information content (AvgIpc) is 2.87. The molecule has 13 nitrogen and oxygen atoms in total. The van der Waals surface area contributed by atoms with E-state index in [1.165, 1.54) is 0 Å². The van der Waals surface area contributed by atoms with Crippen molar-refractivity contribution < 1.29 is 47.5 Å². The van der Waals surface area contributed by atoms with E-state index in [9.17, 15) is 9.59 Å². The lowest BCUT2D eigenvalue weighted by molar-refractivity contribution is -0.124. The van der Waals surface area contributed by atoms with E-state index in [2.05, 4.69) is 0 Å². The molecular formula is C24H49N3O10. The molecule has 0 saturated carbocycles. The van der Waals surface area contributed by atoms with Crippen molar-refractivity contribution in [1.29, 1.82) is 0 Å². The molecule has 0 rings (SSSR count). The summed E-state index contributed by atoms with van der Waals surface area (Å²) in [5, 5.41) is 0. The molecule has 0 bridgehead atoms. The van der Waals surface area contributed by atoms with Crippen molar-refractivity contribution in [3.8, 4) is 0 Å². The van der Waals surface area contributed by atoms with Gasteiger partial charge in [0, 0.05) is 19.6 Å². The van der Waals surface area contributed by atoms with Crippen molar-refractivity contribution in [2.24, 2.45) is 23.1 Å². The first-order valence-electron chi connectivity index (χ1n) is 13.0. The van der Waals surface area contributed by atoms with Crippen molar-refractivity contribution in [2.75, 3.05) is 112 Å². The maximum absolute atomic E-state index is 11.6. The Hall–Kier alpha value is -1.42. The van der Waals surface area contributed by atoms with Crippen LogP contribution in [-0.4, -0.2) is 124 Å². The highest BCUT2D eigenvalue weighted by atomic mass is 16.6. The van der Waals surface area contributed by atoms with Crippen LogP contribution in [0.1, 0.15) is 25.7 Å². The minimum absolute atomic E-state index is 0.209. The van der Waals surface area contributed by atoms with E-state index in [1.54, 1.807) is 0 Å². The van der Waals surface area contributed by atoms with Gasteiger partial charge in [0.25, 0.3) is 0 Å². The molecule has 0 aromatic heterocycles. The Morgan fingerprint density at radius 1 is 0.514 bits per heavy atom. The zero-order valence-corrected chi connectivity index (χ0v) is 22.2. The van der Waals surface area contributed by atoms with Gasteiger partial charge in [0.05, 0.1) is 98.4 Å². The molecule has 0 aliphatic rings. The SMILES string of the molecule is NCCCOCCOCCOCCCC(COCCOCCOCCOCCOCCC(N)=O)C(N)=O. The Kier molecular flexibility index (Phi) is 28.0. The van der Waals surface area contributed by atoms with Gasteiger partial charge in [-0.25, -0.2) is 0 Å². The predicted octanol–water partition coefficient (Wildman–Crippen LogP) is -0.775. The largest absolute Gasteiger partial charge is 0.379 e. The van der Waals surface area contributed by atoms with E-state index in [1.807, 2.05) is 0 Å². The molecular weight excluding hydrogens is 490 g/mol. The Balaban J connectivity index is 3.39. The van der Waals surface area contributed by atoms with E-state index < -0.39 is 0 Å². The topological polar surface area (TPSA) is 186 Å². The molecule has 6 N–H and O–H groups in total. The number of primary amides is 2. The van der Waals surface area contributed by atoms with E-state index in [4.69, 9.17) is 55.1 Å². The first-order valence-corrected chi connectivity index (χ1v) is 13.0. The molecule has 37 heavy (non-hydrogen) atoms. The molecule has 0 fully saturated rings. The van der Waals surface area contributed by atoms with Crippen LogP contribution < -0.4 is 17.2 Å². The number of hydrogen-bond donors (Lipinski definition) is 3. The fourth-order valence-electron chi connectivity index (χ4n) is 2.74. The molecule has 0 spiro atoms. The van der Waals surface area contributed by atoms with Gasteiger partial charge in [0.2, 0.25) is 11.8 Å². The number of ether oxygens (including phenoxy) is 8. The van der Waals surface area contributed by atoms with Gasteiger partial charge < -0.3 is 55.1 Å². The molecule has 0 saturated heterocycles. The van der Waals surface area contributed by atoms with E-state index in [-0.39, 0.29) is 30.8 Å². The number of amides is 2. The highest BCUT2D eigenvalue weighted by Gasteiger charge is 2.15. The molecule has 0 heterocycles. The Labute approximate surface area is 220 Å². The van der Waals surface area contributed by atoms with E-state index in [0.717, 1.165) is 6.42 Å². The van der Waals surface area contributed by atoms with Gasteiger partial charge in [-0.05, 0) is 25.8 Å². The minimum Gasteiger partial charge on any atom is -0.379 e. The van der Waals surface area contributed by atoms with E-state index >= 15 is 0 Å². The number of carbonyl (C=O) groups excluding carboxylic acids is 2. The van der Waals surface area contributed by atoms with Crippen molar-refractivity contribution in [3.63, 3.8) is 0 Å². The normalized spacial score (nSPS) is 12.1. The van der Waals surface area contributed by atoms with Crippen molar-refractivity contribution in [3.05, 3.63) is 0 Å². The summed E-state index contributed by atoms with van der Waals surface area (Å²) < 4.78 is 43.1. The first-order chi connectivity index (χ1) is 18.1. The maximum Gasteiger partial charge on any atom is 0.222 e. The van der Waals surface area contributed by atoms with Gasteiger partial charge in [-0.15, -0.1) is 0 Å². The minimum atomic E-state index is -0.384. The average molecular weight is 540 g/mol. The second-order valence-corrected chi connectivity index (χ2v) is 7.96. The third kappa shape index (κ3) is 29.0. The smallest absolute Gasteiger partial charge is 0.222 e. The summed E-state index contributed by atoms with van der Waals surface area (Å²) in [5.74, 6) is -1.13. The van der Waals surface area contributed by atoms with Crippen LogP contribution in [0.4, 0.5) is 0 Å². The lowest BCUT2D eigenvalue weighted by Gasteiger charge is -2.14. The number of carbonyl (C=O) groups is 2. The van der Waals surface area contributed by atoms with Crippen LogP contribution in [0.3, 0.4) is 0 Å². The van der Waals surface area contributed by atoms with Crippen LogP contribution in [0, 0.1) is 5.92 Å². The molecule has 0 aliphatic heterocycles. The molecule has 0 aromatic rings. The molecule has 220 valence electrons. The summed E-state index contributed by atoms with van der Waals surface area (Å²) in [4.78, 5) is 22.2. The number of nitrogens with two attached hydrogens (primary N) is 3. The Morgan fingerprint density at radius 3 is 1.30 bits per heavy atom. The van der Waals surface area contributed by atoms with Gasteiger partial charge in [-0.2, -0.15) is 0 Å². The van der Waals surface area contributed by atoms with Crippen LogP contribution >= 0.6 is 0 Å². The van der Waals surface area contributed by atoms with Crippen molar-refractivity contribution in [1.82, 2.24) is 0 Å². The summed E-state index contributed by atoms with van der Waals surface area (Å²) in [6.45, 7) is 7.80. The zero-order chi connectivity index (χ0) is 27.2. The maximum atomic E-state index is 11.6. The summed E-state index contributed by atoms with van der Waals surface area (Å²) in [6.07, 6.45) is 2.36. The van der Waals surface area contributed by atoms with Gasteiger partial charge in [0.1, 0.15) is 0 Å². The van der Waals surface area contributed by atoms with Crippen LogP contribution in [0.2, 0.25) is 0 Å². The molecule has 0 radical (unpaired) electrons. The van der Waals surface area contributed by atoms with Gasteiger partial charge in [-0.3, -0.25) is 9.59 Å². The predicted molar refractivity (Wildman–Crippen MR) is 136 cm³/mol. The lowest BCUT2D eigenvalue weighted by atomic mass is 10.0. The fourth-order valence-corrected chi connectivity index (χ4v) is 2.74. The number of hydrogen-bond acceptors (Lipinski definition) is 11. The Morgan fingerprint density at radius 2 is 0.892 bits per heavy atom. The molecule has 1 atom stereocenters. The summed E-state index contributed by atoms with van der Waals surface area (Å²) >= 11 is 0. The fraction of sp³-hybridized carbons (Fsp3) is 0.917. The van der Waals surface area contributed by atoms with Gasteiger partial charge in [-0.1, -0.05) is 0 Å². The van der Waals surface area contributed by atoms with Crippen LogP contribution in [0.25, 0.3) is 0 Å². The monoisotopic (exact) mass is 539 g/mol. The highest BCUT2D eigenvalue weighted by Crippen LogP contribution is 2.07. The van der Waals surface area contributed by atoms with Crippen molar-refractivity contribution >= 4 is 11.8 Å². The van der Waals surface area contributed by atoms with Crippen molar-refractivity contribution in [2.45, 2.75) is 25.7 Å². The second-order valence-electron chi connectivity index (χ2n) is 7.96. The third-order valence-corrected chi connectivity index (χ3v) is 4.78. The van der Waals surface area contributed by atoms with Crippen LogP contribution in [0.5, 0.6) is 0 Å². The summed E-state index contributed by atoms with van der Waals surface area (Å²) in [5.41, 5.74) is 15.9. The summed E-state index contributed by atoms with van der Waals surface area (Å²) in [7, 11) is 0. The quantitative estimate of drug-likeness (QED) is 0.0939. The highest BCUT2D eigenvalue weighted by molar-refractivity contribution is 5.76. The standard InChI is InChI=1S/C24H49N3O10/c25-5-2-7-31-10-13-33-12-9-30-6-1-3-22(24(27)29)21-37-20-19-36-18-17-35-16-15-34-14-11-32-8-4-23(26)28/h22H,1-21,25H2,(H2,26,28)(H2,27,29). The lowest BCUT2D eigenvalue weighted by Crippen LogP contribution is -2.28. The van der Waals surface area contributed by atoms with Gasteiger partial charge >= 0.3 is 0 Å². The van der Waals surface area contributed by atoms with E-state index in [0.29, 0.717) is 118 Å². The number of rotatable bonds is 31. The van der Waals surface area contributed by atoms with Crippen LogP contribution in [0.15, 0.2) is 0 Å². The first kappa shape index (κ1) is 35.6. The third-order valence-electron chi connectivity index (χ3n) is 4.78. The Bertz CT molecular complexity index is 517. The zero-order valence-electron chi connectivity index (χ0n) is 22.2. The molecule has 1 unspecified atom stereocenters. The van der Waals surface area contributed by atoms with Gasteiger partial charge in [0.15, 0.2) is 0 Å².